The Balaban J connectivity index is 2.01. The molecule has 22 heavy (non-hydrogen) atoms. The third-order valence-electron chi connectivity index (χ3n) is 3.13. The van der Waals surface area contributed by atoms with Crippen molar-refractivity contribution < 1.29 is 18.7 Å². The molecule has 0 radical (unpaired) electrons. The third kappa shape index (κ3) is 5.18. The number of amides is 1. The van der Waals surface area contributed by atoms with Crippen LogP contribution in [-0.2, 0) is 9.47 Å². The molecular weight excluding hydrogens is 287 g/mol. The van der Waals surface area contributed by atoms with Crippen LogP contribution in [0.25, 0.3) is 0 Å². The van der Waals surface area contributed by atoms with Crippen molar-refractivity contribution in [2.24, 2.45) is 0 Å². The molecule has 0 saturated carbocycles. The number of hydrogen-bond acceptors (Lipinski definition) is 4. The predicted octanol–water partition coefficient (Wildman–Crippen LogP) is 3.76. The Morgan fingerprint density at radius 3 is 2.82 bits per heavy atom. The predicted molar refractivity (Wildman–Crippen MR) is 83.7 cm³/mol. The quantitative estimate of drug-likeness (QED) is 0.892. The van der Waals surface area contributed by atoms with Crippen LogP contribution in [0.2, 0.25) is 0 Å². The van der Waals surface area contributed by atoms with Crippen LogP contribution in [-0.4, -0.2) is 30.9 Å². The highest BCUT2D eigenvalue weighted by atomic mass is 19.1. The molecule has 6 heteroatoms. The van der Waals surface area contributed by atoms with E-state index in [1.165, 1.54) is 12.1 Å². The molecule has 1 heterocycles. The van der Waals surface area contributed by atoms with Gasteiger partial charge in [0.05, 0.1) is 12.3 Å². The molecule has 122 valence electrons. The number of carbonyl (C=O) groups is 1. The maximum absolute atomic E-state index is 13.9. The summed E-state index contributed by atoms with van der Waals surface area (Å²) in [4.78, 5) is 11.7. The van der Waals surface area contributed by atoms with Crippen LogP contribution in [0.1, 0.15) is 33.6 Å². The number of hydrogen-bond donors (Lipinski definition) is 2. The SMILES string of the molecule is CC(C)(C)OC(=O)Nc1ccc(F)c(NC2CCCOC2)c1. The summed E-state index contributed by atoms with van der Waals surface area (Å²) in [7, 11) is 0. The highest BCUT2D eigenvalue weighted by molar-refractivity contribution is 5.85. The molecule has 1 aromatic rings. The van der Waals surface area contributed by atoms with Gasteiger partial charge in [0, 0.05) is 18.3 Å². The van der Waals surface area contributed by atoms with Gasteiger partial charge in [-0.3, -0.25) is 5.32 Å². The normalized spacial score (nSPS) is 18.6. The summed E-state index contributed by atoms with van der Waals surface area (Å²) in [5, 5.41) is 5.72. The molecule has 1 aliphatic heterocycles. The molecule has 1 amide bonds. The number of carbonyl (C=O) groups excluding carboxylic acids is 1. The van der Waals surface area contributed by atoms with Gasteiger partial charge in [0.2, 0.25) is 0 Å². The number of halogens is 1. The van der Waals surface area contributed by atoms with E-state index in [4.69, 9.17) is 9.47 Å². The zero-order chi connectivity index (χ0) is 16.2. The Morgan fingerprint density at radius 2 is 2.18 bits per heavy atom. The largest absolute Gasteiger partial charge is 0.444 e. The summed E-state index contributed by atoms with van der Waals surface area (Å²) in [5.74, 6) is -0.361. The van der Waals surface area contributed by atoms with Crippen molar-refractivity contribution in [2.75, 3.05) is 23.8 Å². The fourth-order valence-electron chi connectivity index (χ4n) is 2.21. The highest BCUT2D eigenvalue weighted by Crippen LogP contribution is 2.23. The first kappa shape index (κ1) is 16.5. The van der Waals surface area contributed by atoms with E-state index < -0.39 is 11.7 Å². The number of nitrogens with one attached hydrogen (secondary N) is 2. The van der Waals surface area contributed by atoms with Crippen LogP contribution in [0.5, 0.6) is 0 Å². The monoisotopic (exact) mass is 310 g/mol. The Kier molecular flexibility index (Phi) is 5.24. The lowest BCUT2D eigenvalue weighted by Crippen LogP contribution is -2.30. The van der Waals surface area contributed by atoms with Gasteiger partial charge in [0.15, 0.2) is 0 Å². The molecule has 2 rings (SSSR count). The summed E-state index contributed by atoms with van der Waals surface area (Å²) < 4.78 is 24.4. The number of benzene rings is 1. The van der Waals surface area contributed by atoms with Crippen molar-refractivity contribution in [2.45, 2.75) is 45.3 Å². The lowest BCUT2D eigenvalue weighted by atomic mass is 10.1. The molecular formula is C16H23FN2O3. The van der Waals surface area contributed by atoms with Gasteiger partial charge in [-0.1, -0.05) is 0 Å². The summed E-state index contributed by atoms with van der Waals surface area (Å²) in [6, 6.07) is 4.47. The lowest BCUT2D eigenvalue weighted by molar-refractivity contribution is 0.0636. The minimum absolute atomic E-state index is 0.0834. The maximum Gasteiger partial charge on any atom is 0.412 e. The molecule has 1 saturated heterocycles. The molecule has 0 aliphatic carbocycles. The summed E-state index contributed by atoms with van der Waals surface area (Å²) in [6.45, 7) is 6.66. The second kappa shape index (κ2) is 6.96. The third-order valence-corrected chi connectivity index (χ3v) is 3.13. The maximum atomic E-state index is 13.9. The van der Waals surface area contributed by atoms with Gasteiger partial charge in [0.1, 0.15) is 11.4 Å². The van der Waals surface area contributed by atoms with Crippen LogP contribution >= 0.6 is 0 Å². The molecule has 0 bridgehead atoms. The van der Waals surface area contributed by atoms with E-state index in [1.54, 1.807) is 26.8 Å². The van der Waals surface area contributed by atoms with Crippen LogP contribution in [0.3, 0.4) is 0 Å². The van der Waals surface area contributed by atoms with Gasteiger partial charge in [0.25, 0.3) is 0 Å². The Labute approximate surface area is 130 Å². The van der Waals surface area contributed by atoms with Crippen molar-refractivity contribution in [1.29, 1.82) is 0 Å². The molecule has 0 aromatic heterocycles. The van der Waals surface area contributed by atoms with E-state index in [0.717, 1.165) is 19.4 Å². The van der Waals surface area contributed by atoms with E-state index in [-0.39, 0.29) is 11.9 Å². The summed E-state index contributed by atoms with van der Waals surface area (Å²) in [5.41, 5.74) is 0.254. The van der Waals surface area contributed by atoms with Crippen LogP contribution < -0.4 is 10.6 Å². The van der Waals surface area contributed by atoms with E-state index in [1.807, 2.05) is 0 Å². The van der Waals surface area contributed by atoms with Crippen molar-refractivity contribution in [3.05, 3.63) is 24.0 Å². The second-order valence-corrected chi connectivity index (χ2v) is 6.38. The molecule has 1 atom stereocenters. The van der Waals surface area contributed by atoms with Crippen LogP contribution in [0.15, 0.2) is 18.2 Å². The molecule has 1 aliphatic rings. The van der Waals surface area contributed by atoms with E-state index in [0.29, 0.717) is 18.0 Å². The van der Waals surface area contributed by atoms with Crippen molar-refractivity contribution >= 4 is 17.5 Å². The lowest BCUT2D eigenvalue weighted by Gasteiger charge is -2.24. The zero-order valence-electron chi connectivity index (χ0n) is 13.2. The fraction of sp³-hybridized carbons (Fsp3) is 0.562. The molecule has 1 aromatic carbocycles. The van der Waals surface area contributed by atoms with Gasteiger partial charge in [-0.15, -0.1) is 0 Å². The topological polar surface area (TPSA) is 59.6 Å². The summed E-state index contributed by atoms with van der Waals surface area (Å²) >= 11 is 0. The minimum Gasteiger partial charge on any atom is -0.444 e. The Bertz CT molecular complexity index is 523. The van der Waals surface area contributed by atoms with Gasteiger partial charge >= 0.3 is 6.09 Å². The smallest absolute Gasteiger partial charge is 0.412 e. The Morgan fingerprint density at radius 1 is 1.41 bits per heavy atom. The standard InChI is InChI=1S/C16H23FN2O3/c1-16(2,3)22-15(20)19-11-6-7-13(17)14(9-11)18-12-5-4-8-21-10-12/h6-7,9,12,18H,4-5,8,10H2,1-3H3,(H,19,20). The first-order chi connectivity index (χ1) is 10.3. The number of ether oxygens (including phenoxy) is 2. The highest BCUT2D eigenvalue weighted by Gasteiger charge is 2.18. The molecule has 0 spiro atoms. The van der Waals surface area contributed by atoms with Crippen molar-refractivity contribution in [1.82, 2.24) is 0 Å². The van der Waals surface area contributed by atoms with Gasteiger partial charge in [-0.25, -0.2) is 9.18 Å². The minimum atomic E-state index is -0.579. The first-order valence-electron chi connectivity index (χ1n) is 7.47. The van der Waals surface area contributed by atoms with E-state index in [9.17, 15) is 9.18 Å². The molecule has 5 nitrogen and oxygen atoms in total. The molecule has 1 unspecified atom stereocenters. The van der Waals surface area contributed by atoms with E-state index >= 15 is 0 Å². The van der Waals surface area contributed by atoms with Crippen molar-refractivity contribution in [3.63, 3.8) is 0 Å². The average molecular weight is 310 g/mol. The van der Waals surface area contributed by atoms with Gasteiger partial charge in [-0.05, 0) is 51.8 Å². The van der Waals surface area contributed by atoms with Crippen molar-refractivity contribution in [3.8, 4) is 0 Å². The second-order valence-electron chi connectivity index (χ2n) is 6.38. The molecule has 1 fully saturated rings. The number of anilines is 2. The van der Waals surface area contributed by atoms with Gasteiger partial charge in [-0.2, -0.15) is 0 Å². The van der Waals surface area contributed by atoms with E-state index in [2.05, 4.69) is 10.6 Å². The Hall–Kier alpha value is -1.82. The van der Waals surface area contributed by atoms with Gasteiger partial charge < -0.3 is 14.8 Å². The van der Waals surface area contributed by atoms with Crippen LogP contribution in [0.4, 0.5) is 20.6 Å². The zero-order valence-corrected chi connectivity index (χ0v) is 13.2. The summed E-state index contributed by atoms with van der Waals surface area (Å²) in [6.07, 6.45) is 1.32. The fourth-order valence-corrected chi connectivity index (χ4v) is 2.21. The number of rotatable bonds is 3. The molecule has 2 N–H and O–H groups in total. The first-order valence-corrected chi connectivity index (χ1v) is 7.47. The van der Waals surface area contributed by atoms with Crippen LogP contribution in [0, 0.1) is 5.82 Å². The average Bonchev–Trinajstić information content (AvgIpc) is 2.41.